The first-order chi connectivity index (χ1) is 10.5. The maximum Gasteiger partial charge on any atom is 0.387 e. The molecule has 1 N–H and O–H groups in total. The third-order valence-electron chi connectivity index (χ3n) is 2.68. The van der Waals surface area contributed by atoms with Crippen LogP contribution in [0.3, 0.4) is 0 Å². The number of alkyl halides is 2. The molecule has 0 saturated heterocycles. The lowest BCUT2D eigenvalue weighted by molar-refractivity contribution is -0.384. The van der Waals surface area contributed by atoms with Crippen molar-refractivity contribution in [1.29, 1.82) is 0 Å². The predicted molar refractivity (Wildman–Crippen MR) is 74.1 cm³/mol. The third kappa shape index (κ3) is 3.75. The van der Waals surface area contributed by atoms with E-state index in [9.17, 15) is 23.7 Å². The Hall–Kier alpha value is -3.03. The van der Waals surface area contributed by atoms with Crippen LogP contribution in [-0.2, 0) is 0 Å². The van der Waals surface area contributed by atoms with Gasteiger partial charge in [-0.15, -0.1) is 0 Å². The monoisotopic (exact) mass is 308 g/mol. The molecule has 0 atom stereocenters. The van der Waals surface area contributed by atoms with Crippen molar-refractivity contribution in [2.45, 2.75) is 6.61 Å². The zero-order valence-electron chi connectivity index (χ0n) is 11.0. The molecular formula is C14H10F2N2O4. The second-order valence-electron chi connectivity index (χ2n) is 4.13. The predicted octanol–water partition coefficient (Wildman–Crippen LogP) is 3.45. The van der Waals surface area contributed by atoms with Gasteiger partial charge in [0.15, 0.2) is 0 Å². The summed E-state index contributed by atoms with van der Waals surface area (Å²) < 4.78 is 28.9. The number of benzene rings is 2. The largest absolute Gasteiger partial charge is 0.434 e. The molecule has 0 spiro atoms. The lowest BCUT2D eigenvalue weighted by Crippen LogP contribution is -2.14. The molecule has 114 valence electrons. The van der Waals surface area contributed by atoms with E-state index >= 15 is 0 Å². The molecule has 8 heteroatoms. The number of hydrogen-bond donors (Lipinski definition) is 1. The van der Waals surface area contributed by atoms with Crippen molar-refractivity contribution >= 4 is 17.3 Å². The Morgan fingerprint density at radius 2 is 1.77 bits per heavy atom. The molecule has 2 aromatic carbocycles. The number of rotatable bonds is 5. The fourth-order valence-corrected chi connectivity index (χ4v) is 1.72. The van der Waals surface area contributed by atoms with Gasteiger partial charge in [-0.25, -0.2) is 0 Å². The van der Waals surface area contributed by atoms with Gasteiger partial charge >= 0.3 is 6.61 Å². The molecule has 0 bridgehead atoms. The Kier molecular flexibility index (Phi) is 4.62. The number of halogens is 2. The summed E-state index contributed by atoms with van der Waals surface area (Å²) in [5.41, 5.74) is 0.100. The summed E-state index contributed by atoms with van der Waals surface area (Å²) in [5, 5.41) is 13.0. The Morgan fingerprint density at radius 1 is 1.14 bits per heavy atom. The number of hydrogen-bond acceptors (Lipinski definition) is 4. The number of carbonyl (C=O) groups is 1. The van der Waals surface area contributed by atoms with Crippen LogP contribution >= 0.6 is 0 Å². The molecule has 0 aliphatic rings. The summed E-state index contributed by atoms with van der Waals surface area (Å²) in [6.45, 7) is -3.05. The maximum absolute atomic E-state index is 12.3. The number of para-hydroxylation sites is 1. The minimum absolute atomic E-state index is 0.0684. The summed E-state index contributed by atoms with van der Waals surface area (Å²) in [4.78, 5) is 22.0. The van der Waals surface area contributed by atoms with Crippen molar-refractivity contribution in [3.63, 3.8) is 0 Å². The molecular weight excluding hydrogens is 298 g/mol. The average molecular weight is 308 g/mol. The van der Waals surface area contributed by atoms with Crippen LogP contribution in [0, 0.1) is 10.1 Å². The van der Waals surface area contributed by atoms with Gasteiger partial charge in [-0.3, -0.25) is 14.9 Å². The number of nitro benzene ring substituents is 1. The first-order valence-corrected chi connectivity index (χ1v) is 6.07. The number of nitrogens with one attached hydrogen (secondary N) is 1. The number of nitrogens with zero attached hydrogens (tertiary/aromatic N) is 1. The second-order valence-corrected chi connectivity index (χ2v) is 4.13. The standard InChI is InChI=1S/C14H10F2N2O4/c15-14(16)22-12-4-2-1-3-11(12)13(19)17-9-5-7-10(8-6-9)18(20)21/h1-8,14H,(H,17,19). The number of ether oxygens (including phenoxy) is 1. The number of anilines is 1. The van der Waals surface area contributed by atoms with Gasteiger partial charge in [-0.05, 0) is 24.3 Å². The van der Waals surface area contributed by atoms with E-state index in [2.05, 4.69) is 10.1 Å². The number of nitro groups is 1. The van der Waals surface area contributed by atoms with Crippen LogP contribution < -0.4 is 10.1 Å². The Balaban J connectivity index is 2.17. The van der Waals surface area contributed by atoms with Crippen LogP contribution in [-0.4, -0.2) is 17.4 Å². The summed E-state index contributed by atoms with van der Waals surface area (Å²) >= 11 is 0. The second kappa shape index (κ2) is 6.61. The lowest BCUT2D eigenvalue weighted by atomic mass is 10.2. The van der Waals surface area contributed by atoms with Crippen molar-refractivity contribution in [1.82, 2.24) is 0 Å². The lowest BCUT2D eigenvalue weighted by Gasteiger charge is -2.10. The molecule has 0 unspecified atom stereocenters. The highest BCUT2D eigenvalue weighted by atomic mass is 19.3. The van der Waals surface area contributed by atoms with E-state index < -0.39 is 17.4 Å². The summed E-state index contributed by atoms with van der Waals surface area (Å²) in [7, 11) is 0. The quantitative estimate of drug-likeness (QED) is 0.677. The Labute approximate surface area is 123 Å². The molecule has 0 aliphatic carbocycles. The molecule has 0 aromatic heterocycles. The van der Waals surface area contributed by atoms with Gasteiger partial charge in [-0.1, -0.05) is 12.1 Å². The van der Waals surface area contributed by atoms with Crippen molar-refractivity contribution in [3.05, 3.63) is 64.2 Å². The van der Waals surface area contributed by atoms with Gasteiger partial charge in [0.05, 0.1) is 10.5 Å². The molecule has 0 saturated carbocycles. The SMILES string of the molecule is O=C(Nc1ccc([N+](=O)[O-])cc1)c1ccccc1OC(F)F. The number of carbonyl (C=O) groups excluding carboxylic acids is 1. The minimum Gasteiger partial charge on any atom is -0.434 e. The van der Waals surface area contributed by atoms with E-state index in [0.29, 0.717) is 5.69 Å². The number of non-ortho nitro benzene ring substituents is 1. The van der Waals surface area contributed by atoms with E-state index in [1.165, 1.54) is 48.5 Å². The normalized spacial score (nSPS) is 10.3. The van der Waals surface area contributed by atoms with Crippen LogP contribution in [0.2, 0.25) is 0 Å². The summed E-state index contributed by atoms with van der Waals surface area (Å²) in [5.74, 6) is -0.915. The van der Waals surface area contributed by atoms with Gasteiger partial charge in [0.2, 0.25) is 0 Å². The molecule has 22 heavy (non-hydrogen) atoms. The van der Waals surface area contributed by atoms with Gasteiger partial charge in [0, 0.05) is 17.8 Å². The summed E-state index contributed by atoms with van der Waals surface area (Å²) in [6.07, 6.45) is 0. The van der Waals surface area contributed by atoms with E-state index in [1.54, 1.807) is 0 Å². The van der Waals surface area contributed by atoms with Gasteiger partial charge < -0.3 is 10.1 Å². The van der Waals surface area contributed by atoms with Crippen LogP contribution in [0.5, 0.6) is 5.75 Å². The fraction of sp³-hybridized carbons (Fsp3) is 0.0714. The minimum atomic E-state index is -3.05. The van der Waals surface area contributed by atoms with Crippen molar-refractivity contribution in [2.24, 2.45) is 0 Å². The molecule has 0 heterocycles. The van der Waals surface area contributed by atoms with Crippen molar-refractivity contribution in [3.8, 4) is 5.75 Å². The highest BCUT2D eigenvalue weighted by Gasteiger charge is 2.15. The number of amides is 1. The van der Waals surface area contributed by atoms with Gasteiger partial charge in [0.1, 0.15) is 5.75 Å². The average Bonchev–Trinajstić information content (AvgIpc) is 2.47. The zero-order chi connectivity index (χ0) is 16.1. The van der Waals surface area contributed by atoms with Crippen LogP contribution in [0.1, 0.15) is 10.4 Å². The zero-order valence-corrected chi connectivity index (χ0v) is 11.0. The topological polar surface area (TPSA) is 81.5 Å². The van der Waals surface area contributed by atoms with E-state index in [0.717, 1.165) is 0 Å². The van der Waals surface area contributed by atoms with E-state index in [4.69, 9.17) is 0 Å². The molecule has 0 fully saturated rings. The smallest absolute Gasteiger partial charge is 0.387 e. The Bertz CT molecular complexity index is 689. The molecule has 6 nitrogen and oxygen atoms in total. The van der Waals surface area contributed by atoms with E-state index in [1.807, 2.05) is 0 Å². The van der Waals surface area contributed by atoms with Crippen molar-refractivity contribution in [2.75, 3.05) is 5.32 Å². The van der Waals surface area contributed by atoms with Gasteiger partial charge in [-0.2, -0.15) is 8.78 Å². The van der Waals surface area contributed by atoms with E-state index in [-0.39, 0.29) is 17.0 Å². The highest BCUT2D eigenvalue weighted by Crippen LogP contribution is 2.22. The highest BCUT2D eigenvalue weighted by molar-refractivity contribution is 6.06. The first-order valence-electron chi connectivity index (χ1n) is 6.07. The molecule has 2 rings (SSSR count). The van der Waals surface area contributed by atoms with Crippen LogP contribution in [0.25, 0.3) is 0 Å². The Morgan fingerprint density at radius 3 is 2.36 bits per heavy atom. The molecule has 1 amide bonds. The fourth-order valence-electron chi connectivity index (χ4n) is 1.72. The van der Waals surface area contributed by atoms with Crippen molar-refractivity contribution < 1.29 is 23.2 Å². The first kappa shape index (κ1) is 15.4. The molecule has 0 aliphatic heterocycles. The third-order valence-corrected chi connectivity index (χ3v) is 2.68. The summed E-state index contributed by atoms with van der Waals surface area (Å²) in [6, 6.07) is 10.7. The van der Waals surface area contributed by atoms with Crippen LogP contribution in [0.15, 0.2) is 48.5 Å². The van der Waals surface area contributed by atoms with Gasteiger partial charge in [0.25, 0.3) is 11.6 Å². The molecule has 0 radical (unpaired) electrons. The molecule has 2 aromatic rings. The van der Waals surface area contributed by atoms with Crippen LogP contribution in [0.4, 0.5) is 20.2 Å². The maximum atomic E-state index is 12.3.